The predicted molar refractivity (Wildman–Crippen MR) is 71.1 cm³/mol. The third kappa shape index (κ3) is 2.13. The Hall–Kier alpha value is -0.863. The average molecular weight is 232 g/mol. The van der Waals surface area contributed by atoms with Crippen molar-refractivity contribution in [2.45, 2.75) is 37.6 Å². The van der Waals surface area contributed by atoms with Crippen molar-refractivity contribution in [1.29, 1.82) is 0 Å². The topological polar surface area (TPSA) is 20.2 Å². The molecule has 86 valence electrons. The van der Waals surface area contributed by atoms with Crippen LogP contribution in [0.15, 0.2) is 42.6 Å². The van der Waals surface area contributed by atoms with Crippen LogP contribution < -0.4 is 5.19 Å². The molecule has 0 bridgehead atoms. The van der Waals surface area contributed by atoms with Gasteiger partial charge in [0.25, 0.3) is 0 Å². The van der Waals surface area contributed by atoms with Crippen molar-refractivity contribution in [1.82, 2.24) is 0 Å². The zero-order valence-electron chi connectivity index (χ0n) is 9.73. The number of benzene rings is 1. The van der Waals surface area contributed by atoms with Gasteiger partial charge >= 0.3 is 0 Å². The maximum absolute atomic E-state index is 10.9. The van der Waals surface area contributed by atoms with E-state index < -0.39 is 8.32 Å². The smallest absolute Gasteiger partial charge is 0.247 e. The van der Waals surface area contributed by atoms with Gasteiger partial charge in [-0.05, 0) is 10.7 Å². The lowest BCUT2D eigenvalue weighted by atomic mass is 10.0. The normalized spacial score (nSPS) is 21.3. The SMILES string of the molecule is C=C[Si](O)(c1ccccc1)C1CCCCC1. The standard InChI is InChI=1S/C14H20OSi/c1-2-16(15,13-9-5-3-6-10-13)14-11-7-4-8-12-14/h2-3,5-6,9-10,14-15H,1,4,7-8,11-12H2. The van der Waals surface area contributed by atoms with E-state index in [1.165, 1.54) is 32.1 Å². The summed E-state index contributed by atoms with van der Waals surface area (Å²) in [6, 6.07) is 10.1. The largest absolute Gasteiger partial charge is 0.424 e. The first-order valence-electron chi connectivity index (χ1n) is 6.19. The van der Waals surface area contributed by atoms with E-state index in [1.54, 1.807) is 0 Å². The van der Waals surface area contributed by atoms with Crippen molar-refractivity contribution in [2.24, 2.45) is 0 Å². The third-order valence-electron chi connectivity index (χ3n) is 3.77. The highest BCUT2D eigenvalue weighted by Crippen LogP contribution is 2.35. The fraction of sp³-hybridized carbons (Fsp3) is 0.429. The van der Waals surface area contributed by atoms with E-state index in [9.17, 15) is 4.80 Å². The average Bonchev–Trinajstić information content (AvgIpc) is 2.40. The Balaban J connectivity index is 2.27. The van der Waals surface area contributed by atoms with Crippen LogP contribution in [0.5, 0.6) is 0 Å². The molecule has 1 unspecified atom stereocenters. The molecule has 0 aromatic heterocycles. The molecule has 1 aliphatic rings. The molecule has 1 aliphatic carbocycles. The molecule has 2 heteroatoms. The molecule has 1 aromatic rings. The number of hydrogen-bond acceptors (Lipinski definition) is 1. The monoisotopic (exact) mass is 232 g/mol. The summed E-state index contributed by atoms with van der Waals surface area (Å²) in [5, 5.41) is 1.12. The van der Waals surface area contributed by atoms with E-state index in [4.69, 9.17) is 0 Å². The summed E-state index contributed by atoms with van der Waals surface area (Å²) >= 11 is 0. The Bertz CT molecular complexity index is 343. The lowest BCUT2D eigenvalue weighted by Gasteiger charge is -2.34. The maximum Gasteiger partial charge on any atom is 0.247 e. The van der Waals surface area contributed by atoms with Crippen LogP contribution >= 0.6 is 0 Å². The van der Waals surface area contributed by atoms with Crippen LogP contribution in [-0.2, 0) is 0 Å². The van der Waals surface area contributed by atoms with Gasteiger partial charge in [0.05, 0.1) is 0 Å². The van der Waals surface area contributed by atoms with Crippen molar-refractivity contribution in [3.8, 4) is 0 Å². The van der Waals surface area contributed by atoms with Crippen LogP contribution in [0.3, 0.4) is 0 Å². The highest BCUT2D eigenvalue weighted by atomic mass is 28.4. The fourth-order valence-corrected chi connectivity index (χ4v) is 5.82. The summed E-state index contributed by atoms with van der Waals surface area (Å²) in [4.78, 5) is 10.9. The third-order valence-corrected chi connectivity index (χ3v) is 7.48. The molecular weight excluding hydrogens is 212 g/mol. The van der Waals surface area contributed by atoms with Crippen molar-refractivity contribution in [2.75, 3.05) is 0 Å². The van der Waals surface area contributed by atoms with Gasteiger partial charge in [-0.2, -0.15) is 0 Å². The molecule has 1 aromatic carbocycles. The first kappa shape index (κ1) is 11.6. The molecule has 0 amide bonds. The highest BCUT2D eigenvalue weighted by molar-refractivity contribution is 6.90. The Labute approximate surface area is 99.0 Å². The van der Waals surface area contributed by atoms with Gasteiger partial charge in [0.2, 0.25) is 8.32 Å². The number of hydrogen-bond donors (Lipinski definition) is 1. The Kier molecular flexibility index (Phi) is 3.61. The van der Waals surface area contributed by atoms with E-state index >= 15 is 0 Å². The van der Waals surface area contributed by atoms with E-state index in [1.807, 2.05) is 23.9 Å². The second kappa shape index (κ2) is 4.98. The summed E-state index contributed by atoms with van der Waals surface area (Å²) < 4.78 is 0. The van der Waals surface area contributed by atoms with Gasteiger partial charge in [-0.1, -0.05) is 68.1 Å². The van der Waals surface area contributed by atoms with E-state index in [0.717, 1.165) is 5.19 Å². The molecular formula is C14H20OSi. The summed E-state index contributed by atoms with van der Waals surface area (Å²) in [6.07, 6.45) is 6.20. The van der Waals surface area contributed by atoms with Gasteiger partial charge in [-0.25, -0.2) is 0 Å². The molecule has 1 atom stereocenters. The molecule has 16 heavy (non-hydrogen) atoms. The second-order valence-corrected chi connectivity index (χ2v) is 8.18. The van der Waals surface area contributed by atoms with Crippen LogP contribution in [0.1, 0.15) is 32.1 Å². The van der Waals surface area contributed by atoms with Gasteiger partial charge in [0.15, 0.2) is 0 Å². The first-order valence-corrected chi connectivity index (χ1v) is 8.29. The molecule has 0 radical (unpaired) electrons. The molecule has 1 fully saturated rings. The predicted octanol–water partition coefficient (Wildman–Crippen LogP) is 2.89. The van der Waals surface area contributed by atoms with Gasteiger partial charge in [-0.15, -0.1) is 6.58 Å². The van der Waals surface area contributed by atoms with Gasteiger partial charge in [0, 0.05) is 0 Å². The van der Waals surface area contributed by atoms with E-state index in [-0.39, 0.29) is 0 Å². The summed E-state index contributed by atoms with van der Waals surface area (Å²) in [5.74, 6) is 0. The molecule has 1 N–H and O–H groups in total. The van der Waals surface area contributed by atoms with Crippen LogP contribution in [0.25, 0.3) is 0 Å². The minimum Gasteiger partial charge on any atom is -0.424 e. The number of rotatable bonds is 3. The molecule has 0 heterocycles. The van der Waals surface area contributed by atoms with Gasteiger partial charge in [0.1, 0.15) is 0 Å². The van der Waals surface area contributed by atoms with Crippen molar-refractivity contribution >= 4 is 13.5 Å². The van der Waals surface area contributed by atoms with Crippen LogP contribution in [-0.4, -0.2) is 13.1 Å². The van der Waals surface area contributed by atoms with Crippen LogP contribution in [0, 0.1) is 0 Å². The maximum atomic E-state index is 10.9. The minimum absolute atomic E-state index is 0.473. The highest BCUT2D eigenvalue weighted by Gasteiger charge is 2.39. The first-order chi connectivity index (χ1) is 7.77. The van der Waals surface area contributed by atoms with Crippen LogP contribution in [0.2, 0.25) is 5.54 Å². The van der Waals surface area contributed by atoms with Crippen molar-refractivity contribution in [3.63, 3.8) is 0 Å². The van der Waals surface area contributed by atoms with Crippen molar-refractivity contribution < 1.29 is 4.80 Å². The zero-order chi connectivity index (χ0) is 11.4. The van der Waals surface area contributed by atoms with Crippen molar-refractivity contribution in [3.05, 3.63) is 42.6 Å². The molecule has 0 saturated heterocycles. The molecule has 0 aliphatic heterocycles. The summed E-state index contributed by atoms with van der Waals surface area (Å²) in [5.41, 5.74) is 2.33. The lowest BCUT2D eigenvalue weighted by Crippen LogP contribution is -2.51. The Morgan fingerprint density at radius 3 is 2.31 bits per heavy atom. The zero-order valence-corrected chi connectivity index (χ0v) is 10.7. The summed E-state index contributed by atoms with van der Waals surface area (Å²) in [7, 11) is -2.43. The minimum atomic E-state index is -2.43. The molecule has 2 rings (SSSR count). The Morgan fingerprint density at radius 1 is 1.12 bits per heavy atom. The lowest BCUT2D eigenvalue weighted by molar-refractivity contribution is 0.444. The summed E-state index contributed by atoms with van der Waals surface area (Å²) in [6.45, 7) is 3.90. The molecule has 0 spiro atoms. The fourth-order valence-electron chi connectivity index (χ4n) is 2.77. The molecule has 1 saturated carbocycles. The molecule has 1 nitrogen and oxygen atoms in total. The van der Waals surface area contributed by atoms with Gasteiger partial charge in [-0.3, -0.25) is 0 Å². The van der Waals surface area contributed by atoms with E-state index in [2.05, 4.69) is 18.7 Å². The van der Waals surface area contributed by atoms with E-state index in [0.29, 0.717) is 5.54 Å². The Morgan fingerprint density at radius 2 is 1.75 bits per heavy atom. The van der Waals surface area contributed by atoms with Gasteiger partial charge < -0.3 is 4.80 Å². The quantitative estimate of drug-likeness (QED) is 0.795. The van der Waals surface area contributed by atoms with Crippen LogP contribution in [0.4, 0.5) is 0 Å². The second-order valence-electron chi connectivity index (χ2n) is 4.73.